The number of hydrogen-bond acceptors (Lipinski definition) is 6. The summed E-state index contributed by atoms with van der Waals surface area (Å²) in [6.07, 6.45) is 4.42. The summed E-state index contributed by atoms with van der Waals surface area (Å²) in [5, 5.41) is 18.0. The van der Waals surface area contributed by atoms with Gasteiger partial charge >= 0.3 is 6.09 Å². The SMILES string of the molecule is C=NN(Cc1cc(O)ccc1C)/C(C)=C\NC(=O)OCC1CCN(CCC)CC1. The maximum Gasteiger partial charge on any atom is 0.411 e. The molecule has 0 aliphatic carbocycles. The largest absolute Gasteiger partial charge is 0.508 e. The Morgan fingerprint density at radius 2 is 2.17 bits per heavy atom. The fourth-order valence-corrected chi connectivity index (χ4v) is 3.44. The number of hydrazone groups is 1. The lowest BCUT2D eigenvalue weighted by Crippen LogP contribution is -2.36. The highest BCUT2D eigenvalue weighted by Crippen LogP contribution is 2.20. The normalized spacial score (nSPS) is 15.8. The van der Waals surface area contributed by atoms with E-state index < -0.39 is 6.09 Å². The second kappa shape index (κ2) is 11.5. The number of nitrogens with one attached hydrogen (secondary N) is 1. The quantitative estimate of drug-likeness (QED) is 0.485. The predicted molar refractivity (Wildman–Crippen MR) is 116 cm³/mol. The topological polar surface area (TPSA) is 77.4 Å². The van der Waals surface area contributed by atoms with Crippen LogP contribution in [0.3, 0.4) is 0 Å². The molecule has 1 amide bonds. The molecule has 2 N–H and O–H groups in total. The maximum absolute atomic E-state index is 12.0. The molecule has 1 fully saturated rings. The molecule has 1 aromatic carbocycles. The molecule has 0 saturated carbocycles. The van der Waals surface area contributed by atoms with Crippen LogP contribution in [0.25, 0.3) is 0 Å². The van der Waals surface area contributed by atoms with Crippen LogP contribution >= 0.6 is 0 Å². The minimum absolute atomic E-state index is 0.207. The van der Waals surface area contributed by atoms with Gasteiger partial charge in [-0.3, -0.25) is 10.3 Å². The molecule has 1 aliphatic heterocycles. The molecule has 1 saturated heterocycles. The third-order valence-corrected chi connectivity index (χ3v) is 5.33. The summed E-state index contributed by atoms with van der Waals surface area (Å²) >= 11 is 0. The highest BCUT2D eigenvalue weighted by Gasteiger charge is 2.19. The van der Waals surface area contributed by atoms with E-state index in [1.807, 2.05) is 19.9 Å². The first-order chi connectivity index (χ1) is 13.9. The van der Waals surface area contributed by atoms with Crippen LogP contribution in [0, 0.1) is 12.8 Å². The van der Waals surface area contributed by atoms with Crippen LogP contribution in [0.5, 0.6) is 5.75 Å². The lowest BCUT2D eigenvalue weighted by atomic mass is 9.98. The van der Waals surface area contributed by atoms with Crippen molar-refractivity contribution in [2.75, 3.05) is 26.2 Å². The van der Waals surface area contributed by atoms with Crippen LogP contribution in [-0.2, 0) is 11.3 Å². The van der Waals surface area contributed by atoms with Crippen molar-refractivity contribution in [2.24, 2.45) is 11.0 Å². The minimum atomic E-state index is -0.460. The first-order valence-electron chi connectivity index (χ1n) is 10.3. The molecule has 7 nitrogen and oxygen atoms in total. The lowest BCUT2D eigenvalue weighted by molar-refractivity contribution is 0.0984. The maximum atomic E-state index is 12.0. The van der Waals surface area contributed by atoms with Crippen LogP contribution in [0.2, 0.25) is 0 Å². The number of piperidine rings is 1. The lowest BCUT2D eigenvalue weighted by Gasteiger charge is -2.31. The van der Waals surface area contributed by atoms with E-state index in [1.54, 1.807) is 23.3 Å². The number of amides is 1. The summed E-state index contributed by atoms with van der Waals surface area (Å²) in [6.45, 7) is 13.8. The van der Waals surface area contributed by atoms with E-state index in [4.69, 9.17) is 4.74 Å². The van der Waals surface area contributed by atoms with Crippen molar-refractivity contribution in [3.05, 3.63) is 41.2 Å². The van der Waals surface area contributed by atoms with Crippen LogP contribution in [0.4, 0.5) is 4.79 Å². The van der Waals surface area contributed by atoms with E-state index >= 15 is 0 Å². The summed E-state index contributed by atoms with van der Waals surface area (Å²) in [4.78, 5) is 14.5. The second-order valence-corrected chi connectivity index (χ2v) is 7.62. The molecule has 7 heteroatoms. The smallest absolute Gasteiger partial charge is 0.411 e. The molecule has 0 bridgehead atoms. The molecule has 0 radical (unpaired) electrons. The van der Waals surface area contributed by atoms with Gasteiger partial charge in [-0.1, -0.05) is 13.0 Å². The van der Waals surface area contributed by atoms with Gasteiger partial charge in [0.05, 0.1) is 18.8 Å². The number of nitrogens with zero attached hydrogens (tertiary/aromatic N) is 3. The molecule has 29 heavy (non-hydrogen) atoms. The Labute approximate surface area is 174 Å². The molecule has 2 rings (SSSR count). The van der Waals surface area contributed by atoms with E-state index in [2.05, 4.69) is 29.0 Å². The van der Waals surface area contributed by atoms with E-state index in [0.717, 1.165) is 43.6 Å². The number of aryl methyl sites for hydroxylation is 1. The van der Waals surface area contributed by atoms with Crippen molar-refractivity contribution in [1.82, 2.24) is 15.2 Å². The minimum Gasteiger partial charge on any atom is -0.508 e. The molecular weight excluding hydrogens is 368 g/mol. The van der Waals surface area contributed by atoms with Crippen molar-refractivity contribution in [3.63, 3.8) is 0 Å². The number of alkyl carbamates (subject to hydrolysis) is 1. The second-order valence-electron chi connectivity index (χ2n) is 7.62. The number of rotatable bonds is 9. The number of benzene rings is 1. The van der Waals surface area contributed by atoms with Gasteiger partial charge in [0, 0.05) is 12.9 Å². The number of phenols is 1. The Morgan fingerprint density at radius 1 is 1.45 bits per heavy atom. The number of phenolic OH excluding ortho intramolecular Hbond substituents is 1. The van der Waals surface area contributed by atoms with E-state index in [-0.39, 0.29) is 5.75 Å². The highest BCUT2D eigenvalue weighted by molar-refractivity contribution is 5.68. The zero-order valence-corrected chi connectivity index (χ0v) is 17.9. The Morgan fingerprint density at radius 3 is 2.83 bits per heavy atom. The molecule has 0 unspecified atom stereocenters. The van der Waals surface area contributed by atoms with Gasteiger partial charge in [-0.2, -0.15) is 5.10 Å². The van der Waals surface area contributed by atoms with Crippen molar-refractivity contribution in [2.45, 2.75) is 46.6 Å². The van der Waals surface area contributed by atoms with E-state index in [0.29, 0.717) is 24.8 Å². The van der Waals surface area contributed by atoms with E-state index in [1.165, 1.54) is 6.42 Å². The molecule has 160 valence electrons. The third kappa shape index (κ3) is 7.42. The van der Waals surface area contributed by atoms with Crippen molar-refractivity contribution in [3.8, 4) is 5.75 Å². The number of carbonyl (C=O) groups excluding carboxylic acids is 1. The summed E-state index contributed by atoms with van der Waals surface area (Å²) in [6, 6.07) is 5.21. The van der Waals surface area contributed by atoms with Crippen LogP contribution < -0.4 is 5.32 Å². The summed E-state index contributed by atoms with van der Waals surface area (Å²) in [5.74, 6) is 0.637. The molecule has 1 aliphatic rings. The van der Waals surface area contributed by atoms with Gasteiger partial charge in [-0.15, -0.1) is 0 Å². The first kappa shape index (κ1) is 22.7. The van der Waals surface area contributed by atoms with Crippen molar-refractivity contribution in [1.29, 1.82) is 0 Å². The molecule has 0 spiro atoms. The van der Waals surface area contributed by atoms with E-state index in [9.17, 15) is 9.90 Å². The number of ether oxygens (including phenoxy) is 1. The molecule has 0 atom stereocenters. The third-order valence-electron chi connectivity index (χ3n) is 5.33. The van der Waals surface area contributed by atoms with Crippen LogP contribution in [0.1, 0.15) is 44.2 Å². The highest BCUT2D eigenvalue weighted by atomic mass is 16.5. The number of likely N-dealkylation sites (tertiary alicyclic amines) is 1. The van der Waals surface area contributed by atoms with Gasteiger partial charge in [-0.05, 0) is 81.9 Å². The average Bonchev–Trinajstić information content (AvgIpc) is 2.72. The van der Waals surface area contributed by atoms with Crippen LogP contribution in [0.15, 0.2) is 35.2 Å². The number of allylic oxidation sites excluding steroid dienone is 1. The van der Waals surface area contributed by atoms with Gasteiger partial charge < -0.3 is 14.7 Å². The first-order valence-corrected chi connectivity index (χ1v) is 10.3. The Balaban J connectivity index is 1.79. The Bertz CT molecular complexity index is 712. The monoisotopic (exact) mass is 402 g/mol. The summed E-state index contributed by atoms with van der Waals surface area (Å²) in [7, 11) is 0. The van der Waals surface area contributed by atoms with Gasteiger partial charge in [0.2, 0.25) is 0 Å². The fraction of sp³-hybridized carbons (Fsp3) is 0.545. The molecular formula is C22H34N4O3. The zero-order chi connectivity index (χ0) is 21.2. The van der Waals surface area contributed by atoms with Gasteiger partial charge in [-0.25, -0.2) is 4.79 Å². The van der Waals surface area contributed by atoms with Gasteiger partial charge in [0.1, 0.15) is 5.75 Å². The fourth-order valence-electron chi connectivity index (χ4n) is 3.44. The molecule has 0 aromatic heterocycles. The predicted octanol–water partition coefficient (Wildman–Crippen LogP) is 3.83. The van der Waals surface area contributed by atoms with Crippen LogP contribution in [-0.4, -0.2) is 54.1 Å². The standard InChI is InChI=1S/C22H34N4O3/c1-5-10-25-11-8-19(9-12-25)16-29-22(28)24-14-18(3)26(23-4)15-20-13-21(27)7-6-17(20)2/h6-7,13-14,19,27H,4-5,8-12,15-16H2,1-3H3,(H,24,28)/b18-14-. The Hall–Kier alpha value is -2.54. The van der Waals surface area contributed by atoms with Crippen molar-refractivity contribution < 1.29 is 14.6 Å². The van der Waals surface area contributed by atoms with Gasteiger partial charge in [0.15, 0.2) is 0 Å². The zero-order valence-electron chi connectivity index (χ0n) is 17.9. The van der Waals surface area contributed by atoms with Crippen molar-refractivity contribution >= 4 is 12.8 Å². The number of carbonyl (C=O) groups is 1. The molecule has 1 aromatic rings. The molecule has 1 heterocycles. The summed E-state index contributed by atoms with van der Waals surface area (Å²) in [5.41, 5.74) is 2.69. The summed E-state index contributed by atoms with van der Waals surface area (Å²) < 4.78 is 5.38. The number of aromatic hydroxyl groups is 1. The Kier molecular flexibility index (Phi) is 8.99. The van der Waals surface area contributed by atoms with Gasteiger partial charge in [0.25, 0.3) is 0 Å². The average molecular weight is 403 g/mol. The number of hydrogen-bond donors (Lipinski definition) is 2.